The molecule has 1 unspecified atom stereocenters. The van der Waals surface area contributed by atoms with E-state index < -0.39 is 6.10 Å². The zero-order chi connectivity index (χ0) is 12.8. The third-order valence-corrected chi connectivity index (χ3v) is 3.07. The average Bonchev–Trinajstić information content (AvgIpc) is 2.45. The summed E-state index contributed by atoms with van der Waals surface area (Å²) in [5.41, 5.74) is 2.93. The van der Waals surface area contributed by atoms with Crippen LogP contribution in [0.3, 0.4) is 0 Å². The van der Waals surface area contributed by atoms with Crippen LogP contribution < -0.4 is 0 Å². The predicted octanol–water partition coefficient (Wildman–Crippen LogP) is 2.69. The summed E-state index contributed by atoms with van der Waals surface area (Å²) >= 11 is 0. The van der Waals surface area contributed by atoms with Crippen LogP contribution in [0.15, 0.2) is 54.6 Å². The number of hydrogen-bond donors (Lipinski definition) is 2. The molecule has 0 aliphatic rings. The summed E-state index contributed by atoms with van der Waals surface area (Å²) in [6, 6.07) is 17.5. The van der Waals surface area contributed by atoms with Crippen LogP contribution >= 0.6 is 0 Å². The lowest BCUT2D eigenvalue weighted by molar-refractivity contribution is 0.218. The van der Waals surface area contributed by atoms with E-state index in [1.807, 2.05) is 54.6 Å². The Bertz CT molecular complexity index is 479. The van der Waals surface area contributed by atoms with Crippen molar-refractivity contribution in [3.63, 3.8) is 0 Å². The molecule has 0 saturated heterocycles. The van der Waals surface area contributed by atoms with E-state index in [1.165, 1.54) is 0 Å². The zero-order valence-corrected chi connectivity index (χ0v) is 10.3. The lowest BCUT2D eigenvalue weighted by Gasteiger charge is -2.15. The maximum atomic E-state index is 10.4. The molecule has 0 aliphatic carbocycles. The van der Waals surface area contributed by atoms with E-state index in [0.717, 1.165) is 29.5 Å². The van der Waals surface area contributed by atoms with Gasteiger partial charge in [-0.15, -0.1) is 0 Å². The van der Waals surface area contributed by atoms with Crippen molar-refractivity contribution in [2.24, 2.45) is 0 Å². The first-order valence-electron chi connectivity index (χ1n) is 6.24. The Hall–Kier alpha value is -1.64. The number of aryl methyl sites for hydroxylation is 1. The molecule has 0 bridgehead atoms. The van der Waals surface area contributed by atoms with Gasteiger partial charge in [-0.1, -0.05) is 54.6 Å². The highest BCUT2D eigenvalue weighted by atomic mass is 16.3. The van der Waals surface area contributed by atoms with Crippen molar-refractivity contribution in [1.29, 1.82) is 0 Å². The van der Waals surface area contributed by atoms with Gasteiger partial charge < -0.3 is 10.2 Å². The molecule has 0 fully saturated rings. The first-order chi connectivity index (χ1) is 8.83. The molecule has 2 aromatic carbocycles. The Morgan fingerprint density at radius 1 is 0.889 bits per heavy atom. The highest BCUT2D eigenvalue weighted by molar-refractivity contribution is 5.35. The fourth-order valence-electron chi connectivity index (χ4n) is 2.11. The quantitative estimate of drug-likeness (QED) is 0.846. The normalized spacial score (nSPS) is 12.3. The molecule has 0 aliphatic heterocycles. The van der Waals surface area contributed by atoms with Crippen LogP contribution in [-0.4, -0.2) is 16.8 Å². The summed E-state index contributed by atoms with van der Waals surface area (Å²) in [5, 5.41) is 19.3. The lowest BCUT2D eigenvalue weighted by atomic mass is 9.94. The van der Waals surface area contributed by atoms with Gasteiger partial charge in [-0.25, -0.2) is 0 Å². The van der Waals surface area contributed by atoms with Crippen LogP contribution in [0.1, 0.15) is 29.2 Å². The van der Waals surface area contributed by atoms with Gasteiger partial charge in [0.15, 0.2) is 0 Å². The maximum Gasteiger partial charge on any atom is 0.104 e. The van der Waals surface area contributed by atoms with Crippen molar-refractivity contribution in [1.82, 2.24) is 0 Å². The third-order valence-electron chi connectivity index (χ3n) is 3.07. The van der Waals surface area contributed by atoms with E-state index in [1.54, 1.807) is 0 Å². The highest BCUT2D eigenvalue weighted by Gasteiger charge is 2.13. The SMILES string of the molecule is OCCCc1ccccc1C(O)c1ccccc1. The van der Waals surface area contributed by atoms with Crippen LogP contribution in [-0.2, 0) is 6.42 Å². The third kappa shape index (κ3) is 2.97. The number of hydrogen-bond acceptors (Lipinski definition) is 2. The average molecular weight is 242 g/mol. The van der Waals surface area contributed by atoms with Gasteiger partial charge >= 0.3 is 0 Å². The highest BCUT2D eigenvalue weighted by Crippen LogP contribution is 2.25. The summed E-state index contributed by atoms with van der Waals surface area (Å²) in [6.45, 7) is 0.176. The van der Waals surface area contributed by atoms with Crippen LogP contribution in [0.5, 0.6) is 0 Å². The molecule has 2 rings (SSSR count). The first kappa shape index (κ1) is 12.8. The van der Waals surface area contributed by atoms with Gasteiger partial charge in [0.2, 0.25) is 0 Å². The first-order valence-corrected chi connectivity index (χ1v) is 6.24. The molecule has 0 radical (unpaired) electrons. The van der Waals surface area contributed by atoms with E-state index >= 15 is 0 Å². The molecular formula is C16H18O2. The molecule has 0 spiro atoms. The van der Waals surface area contributed by atoms with Crippen LogP contribution in [0.4, 0.5) is 0 Å². The number of aliphatic hydroxyl groups is 2. The lowest BCUT2D eigenvalue weighted by Crippen LogP contribution is -2.04. The van der Waals surface area contributed by atoms with E-state index in [2.05, 4.69) is 0 Å². The van der Waals surface area contributed by atoms with Crippen LogP contribution in [0.2, 0.25) is 0 Å². The van der Waals surface area contributed by atoms with Crippen molar-refractivity contribution < 1.29 is 10.2 Å². The summed E-state index contributed by atoms with van der Waals surface area (Å²) in [7, 11) is 0. The molecule has 0 heterocycles. The Kier molecular flexibility index (Phi) is 4.51. The van der Waals surface area contributed by atoms with Gasteiger partial charge in [0.1, 0.15) is 6.10 Å². The standard InChI is InChI=1S/C16H18O2/c17-12-6-10-13-7-4-5-11-15(13)16(18)14-8-2-1-3-9-14/h1-5,7-9,11,16-18H,6,10,12H2. The minimum atomic E-state index is -0.596. The smallest absolute Gasteiger partial charge is 0.104 e. The molecule has 18 heavy (non-hydrogen) atoms. The van der Waals surface area contributed by atoms with E-state index in [9.17, 15) is 5.11 Å². The predicted molar refractivity (Wildman–Crippen MR) is 72.4 cm³/mol. The Labute approximate surface area is 108 Å². The summed E-state index contributed by atoms with van der Waals surface area (Å²) < 4.78 is 0. The number of benzene rings is 2. The van der Waals surface area contributed by atoms with Gasteiger partial charge in [0.25, 0.3) is 0 Å². The molecule has 2 heteroatoms. The topological polar surface area (TPSA) is 40.5 Å². The molecule has 0 aromatic heterocycles. The van der Waals surface area contributed by atoms with Crippen molar-refractivity contribution >= 4 is 0 Å². The van der Waals surface area contributed by atoms with E-state index in [-0.39, 0.29) is 6.61 Å². The molecule has 2 aromatic rings. The van der Waals surface area contributed by atoms with Crippen LogP contribution in [0.25, 0.3) is 0 Å². The zero-order valence-electron chi connectivity index (χ0n) is 10.3. The monoisotopic (exact) mass is 242 g/mol. The second-order valence-corrected chi connectivity index (χ2v) is 4.34. The molecule has 1 atom stereocenters. The molecule has 0 saturated carbocycles. The van der Waals surface area contributed by atoms with Crippen molar-refractivity contribution in [3.8, 4) is 0 Å². The molecule has 94 valence electrons. The van der Waals surface area contributed by atoms with Gasteiger partial charge in [-0.2, -0.15) is 0 Å². The number of rotatable bonds is 5. The van der Waals surface area contributed by atoms with Crippen molar-refractivity contribution in [3.05, 3.63) is 71.3 Å². The minimum Gasteiger partial charge on any atom is -0.396 e. The maximum absolute atomic E-state index is 10.4. The Morgan fingerprint density at radius 2 is 1.56 bits per heavy atom. The van der Waals surface area contributed by atoms with Crippen molar-refractivity contribution in [2.45, 2.75) is 18.9 Å². The van der Waals surface area contributed by atoms with E-state index in [0.29, 0.717) is 0 Å². The second-order valence-electron chi connectivity index (χ2n) is 4.34. The largest absolute Gasteiger partial charge is 0.396 e. The second kappa shape index (κ2) is 6.34. The summed E-state index contributed by atoms with van der Waals surface area (Å²) in [4.78, 5) is 0. The van der Waals surface area contributed by atoms with Gasteiger partial charge in [-0.3, -0.25) is 0 Å². The Morgan fingerprint density at radius 3 is 2.28 bits per heavy atom. The number of aliphatic hydroxyl groups excluding tert-OH is 2. The molecular weight excluding hydrogens is 224 g/mol. The summed E-state index contributed by atoms with van der Waals surface area (Å²) in [5.74, 6) is 0. The molecule has 2 N–H and O–H groups in total. The van der Waals surface area contributed by atoms with Crippen LogP contribution in [0, 0.1) is 0 Å². The molecule has 0 amide bonds. The Balaban J connectivity index is 2.27. The molecule has 2 nitrogen and oxygen atoms in total. The van der Waals surface area contributed by atoms with Crippen molar-refractivity contribution in [2.75, 3.05) is 6.61 Å². The van der Waals surface area contributed by atoms with E-state index in [4.69, 9.17) is 5.11 Å². The minimum absolute atomic E-state index is 0.176. The summed E-state index contributed by atoms with van der Waals surface area (Å²) in [6.07, 6.45) is 0.913. The van der Waals surface area contributed by atoms with Gasteiger partial charge in [0.05, 0.1) is 0 Å². The fourth-order valence-corrected chi connectivity index (χ4v) is 2.11. The fraction of sp³-hybridized carbons (Fsp3) is 0.250. The van der Waals surface area contributed by atoms with Gasteiger partial charge in [-0.05, 0) is 29.5 Å². The van der Waals surface area contributed by atoms with Gasteiger partial charge in [0, 0.05) is 6.61 Å².